The van der Waals surface area contributed by atoms with Crippen LogP contribution in [-0.4, -0.2) is 31.0 Å². The summed E-state index contributed by atoms with van der Waals surface area (Å²) in [5.74, 6) is -0.198. The van der Waals surface area contributed by atoms with Gasteiger partial charge in [0, 0.05) is 25.3 Å². The van der Waals surface area contributed by atoms with Gasteiger partial charge in [0.25, 0.3) is 5.69 Å². The number of carbonyl (C=O) groups is 1. The molecule has 0 amide bonds. The molecule has 1 rings (SSSR count). The summed E-state index contributed by atoms with van der Waals surface area (Å²) in [4.78, 5) is 21.5. The smallest absolute Gasteiger partial charge is 0.293 e. The molecule has 0 aliphatic heterocycles. The quantitative estimate of drug-likeness (QED) is 0.354. The number of ketones is 1. The van der Waals surface area contributed by atoms with Gasteiger partial charge in [-0.15, -0.1) is 0 Å². The number of carbonyl (C=O) groups excluding carboxylic acids is 1. The van der Waals surface area contributed by atoms with Gasteiger partial charge < -0.3 is 10.1 Å². The van der Waals surface area contributed by atoms with Crippen LogP contribution in [0.4, 0.5) is 11.4 Å². The minimum atomic E-state index is -0.512. The van der Waals surface area contributed by atoms with Crippen molar-refractivity contribution in [3.05, 3.63) is 33.9 Å². The maximum atomic E-state index is 11.1. The van der Waals surface area contributed by atoms with Gasteiger partial charge in [0.15, 0.2) is 5.78 Å². The number of nitrogens with zero attached hydrogens (tertiary/aromatic N) is 1. The van der Waals surface area contributed by atoms with Crippen LogP contribution in [0, 0.1) is 10.1 Å². The zero-order chi connectivity index (χ0) is 12.8. The Kier molecular flexibility index (Phi) is 4.59. The summed E-state index contributed by atoms with van der Waals surface area (Å²) in [6, 6.07) is 4.37. The summed E-state index contributed by atoms with van der Waals surface area (Å²) in [6.45, 7) is 2.29. The van der Waals surface area contributed by atoms with E-state index in [0.717, 1.165) is 0 Å². The Bertz CT molecular complexity index is 431. The molecule has 0 unspecified atom stereocenters. The van der Waals surface area contributed by atoms with Crippen LogP contribution in [0.2, 0.25) is 0 Å². The highest BCUT2D eigenvalue weighted by molar-refractivity contribution is 5.95. The van der Waals surface area contributed by atoms with Gasteiger partial charge in [-0.05, 0) is 19.1 Å². The van der Waals surface area contributed by atoms with Crippen LogP contribution < -0.4 is 5.32 Å². The number of hydrogen-bond acceptors (Lipinski definition) is 5. The largest absolute Gasteiger partial charge is 0.383 e. The number of methoxy groups -OCH3 is 1. The van der Waals surface area contributed by atoms with Crippen molar-refractivity contribution in [3.63, 3.8) is 0 Å². The standard InChI is InChI=1S/C11H14N2O4/c1-8(14)9-3-4-10(12-5-6-17-2)11(7-9)13(15)16/h3-4,7,12H,5-6H2,1-2H3. The number of rotatable bonds is 6. The molecule has 0 aliphatic rings. The fourth-order valence-corrected chi connectivity index (χ4v) is 1.34. The summed E-state index contributed by atoms with van der Waals surface area (Å²) in [7, 11) is 1.55. The van der Waals surface area contributed by atoms with Crippen molar-refractivity contribution < 1.29 is 14.5 Å². The zero-order valence-corrected chi connectivity index (χ0v) is 9.73. The molecule has 0 atom stereocenters. The maximum Gasteiger partial charge on any atom is 0.293 e. The summed E-state index contributed by atoms with van der Waals surface area (Å²) in [5.41, 5.74) is 0.611. The Hall–Kier alpha value is -1.95. The van der Waals surface area contributed by atoms with Crippen LogP contribution in [0.3, 0.4) is 0 Å². The van der Waals surface area contributed by atoms with E-state index < -0.39 is 4.92 Å². The number of benzene rings is 1. The summed E-state index contributed by atoms with van der Waals surface area (Å²) >= 11 is 0. The molecular weight excluding hydrogens is 224 g/mol. The predicted octanol–water partition coefficient (Wildman–Crippen LogP) is 1.86. The molecule has 0 bridgehead atoms. The van der Waals surface area contributed by atoms with E-state index in [4.69, 9.17) is 4.74 Å². The Balaban J connectivity index is 2.96. The molecule has 1 aromatic rings. The average Bonchev–Trinajstić information content (AvgIpc) is 2.29. The molecule has 1 N–H and O–H groups in total. The Morgan fingerprint density at radius 1 is 1.53 bits per heavy atom. The molecule has 0 radical (unpaired) electrons. The van der Waals surface area contributed by atoms with Crippen LogP contribution in [0.25, 0.3) is 0 Å². The summed E-state index contributed by atoms with van der Waals surface area (Å²) < 4.78 is 4.84. The third-order valence-corrected chi connectivity index (χ3v) is 2.22. The number of nitrogens with one attached hydrogen (secondary N) is 1. The first kappa shape index (κ1) is 13.1. The molecule has 0 aromatic heterocycles. The lowest BCUT2D eigenvalue weighted by Gasteiger charge is -2.07. The van der Waals surface area contributed by atoms with Gasteiger partial charge in [0.05, 0.1) is 11.5 Å². The minimum absolute atomic E-state index is 0.103. The number of ether oxygens (including phenoxy) is 1. The lowest BCUT2D eigenvalue weighted by Crippen LogP contribution is -2.09. The van der Waals surface area contributed by atoms with Crippen molar-refractivity contribution >= 4 is 17.2 Å². The SMILES string of the molecule is COCCNc1ccc(C(C)=O)cc1[N+](=O)[O-]. The molecule has 17 heavy (non-hydrogen) atoms. The van der Waals surface area contributed by atoms with Crippen LogP contribution in [0.1, 0.15) is 17.3 Å². The lowest BCUT2D eigenvalue weighted by atomic mass is 10.1. The zero-order valence-electron chi connectivity index (χ0n) is 9.73. The normalized spacial score (nSPS) is 10.0. The fraction of sp³-hybridized carbons (Fsp3) is 0.364. The highest BCUT2D eigenvalue weighted by atomic mass is 16.6. The summed E-state index contributed by atoms with van der Waals surface area (Å²) in [5, 5.41) is 13.7. The predicted molar refractivity (Wildman–Crippen MR) is 63.5 cm³/mol. The second-order valence-electron chi connectivity index (χ2n) is 3.46. The number of Topliss-reactive ketones (excluding diaryl/α,β-unsaturated/α-hetero) is 1. The highest BCUT2D eigenvalue weighted by Gasteiger charge is 2.15. The third kappa shape index (κ3) is 3.53. The third-order valence-electron chi connectivity index (χ3n) is 2.22. The van der Waals surface area contributed by atoms with E-state index in [1.165, 1.54) is 19.1 Å². The second-order valence-corrected chi connectivity index (χ2v) is 3.46. The molecule has 6 heteroatoms. The fourth-order valence-electron chi connectivity index (χ4n) is 1.34. The first-order chi connectivity index (χ1) is 8.06. The first-order valence-corrected chi connectivity index (χ1v) is 5.08. The highest BCUT2D eigenvalue weighted by Crippen LogP contribution is 2.25. The van der Waals surface area contributed by atoms with Gasteiger partial charge >= 0.3 is 0 Å². The van der Waals surface area contributed by atoms with Crippen molar-refractivity contribution in [1.82, 2.24) is 0 Å². The van der Waals surface area contributed by atoms with Gasteiger partial charge in [-0.1, -0.05) is 0 Å². The Morgan fingerprint density at radius 3 is 2.76 bits per heavy atom. The van der Waals surface area contributed by atoms with Gasteiger partial charge in [-0.2, -0.15) is 0 Å². The summed E-state index contributed by atoms with van der Waals surface area (Å²) in [6.07, 6.45) is 0. The molecule has 0 aliphatic carbocycles. The number of anilines is 1. The first-order valence-electron chi connectivity index (χ1n) is 5.08. The van der Waals surface area contributed by atoms with Crippen molar-refractivity contribution in [1.29, 1.82) is 0 Å². The molecule has 0 fully saturated rings. The van der Waals surface area contributed by atoms with Gasteiger partial charge in [0.1, 0.15) is 5.69 Å². The van der Waals surface area contributed by atoms with E-state index in [2.05, 4.69) is 5.32 Å². The van der Waals surface area contributed by atoms with Crippen LogP contribution in [0.5, 0.6) is 0 Å². The second kappa shape index (κ2) is 5.95. The van der Waals surface area contributed by atoms with Crippen LogP contribution in [-0.2, 0) is 4.74 Å². The molecule has 0 spiro atoms. The minimum Gasteiger partial charge on any atom is -0.383 e. The monoisotopic (exact) mass is 238 g/mol. The van der Waals surface area contributed by atoms with Gasteiger partial charge in [0.2, 0.25) is 0 Å². The molecule has 1 aromatic carbocycles. The lowest BCUT2D eigenvalue weighted by molar-refractivity contribution is -0.384. The average molecular weight is 238 g/mol. The van der Waals surface area contributed by atoms with E-state index in [9.17, 15) is 14.9 Å². The van der Waals surface area contributed by atoms with Crippen LogP contribution in [0.15, 0.2) is 18.2 Å². The number of nitro groups is 1. The Morgan fingerprint density at radius 2 is 2.24 bits per heavy atom. The van der Waals surface area contributed by atoms with Crippen molar-refractivity contribution in [3.8, 4) is 0 Å². The topological polar surface area (TPSA) is 81.5 Å². The van der Waals surface area contributed by atoms with Crippen molar-refractivity contribution in [2.45, 2.75) is 6.92 Å². The van der Waals surface area contributed by atoms with Crippen molar-refractivity contribution in [2.75, 3.05) is 25.6 Å². The van der Waals surface area contributed by atoms with E-state index in [1.807, 2.05) is 0 Å². The van der Waals surface area contributed by atoms with Gasteiger partial charge in [-0.3, -0.25) is 14.9 Å². The molecule has 0 saturated carbocycles. The van der Waals surface area contributed by atoms with Crippen molar-refractivity contribution in [2.24, 2.45) is 0 Å². The van der Waals surface area contributed by atoms with Gasteiger partial charge in [-0.25, -0.2) is 0 Å². The molecule has 6 nitrogen and oxygen atoms in total. The van der Waals surface area contributed by atoms with E-state index in [0.29, 0.717) is 24.4 Å². The molecule has 92 valence electrons. The molecular formula is C11H14N2O4. The van der Waals surface area contributed by atoms with E-state index in [1.54, 1.807) is 13.2 Å². The number of nitro benzene ring substituents is 1. The van der Waals surface area contributed by atoms with E-state index >= 15 is 0 Å². The maximum absolute atomic E-state index is 11.1. The molecule has 0 saturated heterocycles. The number of hydrogen-bond donors (Lipinski definition) is 1. The van der Waals surface area contributed by atoms with Crippen LogP contribution >= 0.6 is 0 Å². The molecule has 0 heterocycles. The van der Waals surface area contributed by atoms with E-state index in [-0.39, 0.29) is 11.5 Å². The Labute approximate surface area is 98.7 Å².